The van der Waals surface area contributed by atoms with Gasteiger partial charge in [-0.2, -0.15) is 0 Å². The number of nitrogens with one attached hydrogen (secondary N) is 2. The summed E-state index contributed by atoms with van der Waals surface area (Å²) < 4.78 is 5.21. The summed E-state index contributed by atoms with van der Waals surface area (Å²) in [4.78, 5) is 12.9. The minimum atomic E-state index is -0.498. The van der Waals surface area contributed by atoms with Gasteiger partial charge in [0.05, 0.1) is 0 Å². The SMILES string of the molecule is Cc1cc(Nc2ccc(NC(=O)OC(C)(C)C)cc2)cs1. The molecule has 0 spiro atoms. The molecule has 0 saturated carbocycles. The fraction of sp³-hybridized carbons (Fsp3) is 0.312. The van der Waals surface area contributed by atoms with Crippen molar-refractivity contribution in [3.63, 3.8) is 0 Å². The number of carbonyl (C=O) groups excluding carboxylic acids is 1. The summed E-state index contributed by atoms with van der Waals surface area (Å²) in [7, 11) is 0. The third-order valence-corrected chi connectivity index (χ3v) is 3.41. The number of hydrogen-bond acceptors (Lipinski definition) is 4. The molecule has 2 rings (SSSR count). The summed E-state index contributed by atoms with van der Waals surface area (Å²) in [5, 5.41) is 8.09. The van der Waals surface area contributed by atoms with E-state index >= 15 is 0 Å². The van der Waals surface area contributed by atoms with Crippen LogP contribution in [0.25, 0.3) is 0 Å². The Labute approximate surface area is 129 Å². The standard InChI is InChI=1S/C16H20N2O2S/c1-11-9-14(10-21-11)17-12-5-7-13(8-6-12)18-15(19)20-16(2,3)4/h5-10,17H,1-4H3,(H,18,19). The monoisotopic (exact) mass is 304 g/mol. The number of hydrogen-bond donors (Lipinski definition) is 2. The number of carbonyl (C=O) groups is 1. The Balaban J connectivity index is 1.94. The van der Waals surface area contributed by atoms with Gasteiger partial charge < -0.3 is 10.1 Å². The van der Waals surface area contributed by atoms with Gasteiger partial charge in [0.25, 0.3) is 0 Å². The first kappa shape index (κ1) is 15.4. The van der Waals surface area contributed by atoms with Crippen LogP contribution in [0.4, 0.5) is 21.9 Å². The van der Waals surface area contributed by atoms with Gasteiger partial charge in [-0.15, -0.1) is 11.3 Å². The topological polar surface area (TPSA) is 50.4 Å². The van der Waals surface area contributed by atoms with Crippen LogP contribution in [0.1, 0.15) is 25.6 Å². The molecular formula is C16H20N2O2S. The van der Waals surface area contributed by atoms with Gasteiger partial charge in [-0.05, 0) is 58.0 Å². The minimum Gasteiger partial charge on any atom is -0.444 e. The number of benzene rings is 1. The third-order valence-electron chi connectivity index (χ3n) is 2.55. The summed E-state index contributed by atoms with van der Waals surface area (Å²) in [5.74, 6) is 0. The maximum absolute atomic E-state index is 11.7. The zero-order valence-corrected chi connectivity index (χ0v) is 13.5. The van der Waals surface area contributed by atoms with Crippen molar-refractivity contribution in [2.45, 2.75) is 33.3 Å². The Bertz CT molecular complexity index is 612. The largest absolute Gasteiger partial charge is 0.444 e. The van der Waals surface area contributed by atoms with Crippen LogP contribution >= 0.6 is 11.3 Å². The molecule has 0 aliphatic rings. The minimum absolute atomic E-state index is 0.448. The molecule has 0 atom stereocenters. The molecule has 1 aromatic heterocycles. The molecular weight excluding hydrogens is 284 g/mol. The number of aryl methyl sites for hydroxylation is 1. The highest BCUT2D eigenvalue weighted by Crippen LogP contribution is 2.23. The molecule has 0 aliphatic heterocycles. The van der Waals surface area contributed by atoms with Gasteiger partial charge in [0.15, 0.2) is 0 Å². The van der Waals surface area contributed by atoms with E-state index in [9.17, 15) is 4.79 Å². The van der Waals surface area contributed by atoms with Crippen LogP contribution in [-0.4, -0.2) is 11.7 Å². The van der Waals surface area contributed by atoms with E-state index in [2.05, 4.69) is 29.0 Å². The Morgan fingerprint density at radius 1 is 1.10 bits per heavy atom. The molecule has 1 amide bonds. The maximum Gasteiger partial charge on any atom is 0.412 e. The lowest BCUT2D eigenvalue weighted by Crippen LogP contribution is -2.27. The van der Waals surface area contributed by atoms with Gasteiger partial charge in [0, 0.05) is 27.3 Å². The van der Waals surface area contributed by atoms with E-state index in [1.807, 2.05) is 45.0 Å². The lowest BCUT2D eigenvalue weighted by Gasteiger charge is -2.19. The Kier molecular flexibility index (Phi) is 4.53. The van der Waals surface area contributed by atoms with Crippen LogP contribution in [0, 0.1) is 6.92 Å². The highest BCUT2D eigenvalue weighted by Gasteiger charge is 2.16. The third kappa shape index (κ3) is 5.11. The first-order valence-electron chi connectivity index (χ1n) is 6.74. The summed E-state index contributed by atoms with van der Waals surface area (Å²) in [6.45, 7) is 7.58. The fourth-order valence-corrected chi connectivity index (χ4v) is 2.37. The summed E-state index contributed by atoms with van der Waals surface area (Å²) >= 11 is 1.70. The normalized spacial score (nSPS) is 11.0. The first-order valence-corrected chi connectivity index (χ1v) is 7.62. The molecule has 0 fully saturated rings. The molecule has 2 aromatic rings. The number of anilines is 3. The van der Waals surface area contributed by atoms with E-state index < -0.39 is 11.7 Å². The van der Waals surface area contributed by atoms with Crippen molar-refractivity contribution in [2.75, 3.05) is 10.6 Å². The van der Waals surface area contributed by atoms with Gasteiger partial charge >= 0.3 is 6.09 Å². The summed E-state index contributed by atoms with van der Waals surface area (Å²) in [6.07, 6.45) is -0.448. The van der Waals surface area contributed by atoms with Crippen molar-refractivity contribution in [1.29, 1.82) is 0 Å². The van der Waals surface area contributed by atoms with Gasteiger partial charge in [0.1, 0.15) is 5.60 Å². The van der Waals surface area contributed by atoms with E-state index in [0.29, 0.717) is 5.69 Å². The van der Waals surface area contributed by atoms with Crippen molar-refractivity contribution < 1.29 is 9.53 Å². The predicted molar refractivity (Wildman–Crippen MR) is 88.6 cm³/mol. The van der Waals surface area contributed by atoms with Crippen molar-refractivity contribution >= 4 is 34.5 Å². The number of amides is 1. The average molecular weight is 304 g/mol. The Morgan fingerprint density at radius 3 is 2.24 bits per heavy atom. The van der Waals surface area contributed by atoms with E-state index in [4.69, 9.17) is 4.74 Å². The van der Waals surface area contributed by atoms with Crippen molar-refractivity contribution in [3.05, 3.63) is 40.6 Å². The van der Waals surface area contributed by atoms with Crippen LogP contribution < -0.4 is 10.6 Å². The van der Waals surface area contributed by atoms with E-state index in [1.54, 1.807) is 11.3 Å². The van der Waals surface area contributed by atoms with Crippen LogP contribution in [0.2, 0.25) is 0 Å². The molecule has 0 unspecified atom stereocenters. The van der Waals surface area contributed by atoms with Crippen LogP contribution in [0.3, 0.4) is 0 Å². The molecule has 0 saturated heterocycles. The highest BCUT2D eigenvalue weighted by atomic mass is 32.1. The van der Waals surface area contributed by atoms with Gasteiger partial charge in [-0.1, -0.05) is 0 Å². The molecule has 0 radical (unpaired) electrons. The van der Waals surface area contributed by atoms with E-state index in [0.717, 1.165) is 11.4 Å². The van der Waals surface area contributed by atoms with Crippen molar-refractivity contribution in [3.8, 4) is 0 Å². The number of ether oxygens (including phenoxy) is 1. The zero-order valence-electron chi connectivity index (χ0n) is 12.7. The molecule has 0 aliphatic carbocycles. The lowest BCUT2D eigenvalue weighted by molar-refractivity contribution is 0.0636. The molecule has 5 heteroatoms. The Morgan fingerprint density at radius 2 is 1.71 bits per heavy atom. The molecule has 2 N–H and O–H groups in total. The van der Waals surface area contributed by atoms with E-state index in [1.165, 1.54) is 4.88 Å². The smallest absolute Gasteiger partial charge is 0.412 e. The van der Waals surface area contributed by atoms with Gasteiger partial charge in [0.2, 0.25) is 0 Å². The highest BCUT2D eigenvalue weighted by molar-refractivity contribution is 7.10. The predicted octanol–water partition coefficient (Wildman–Crippen LogP) is 5.15. The molecule has 112 valence electrons. The van der Waals surface area contributed by atoms with Gasteiger partial charge in [-0.3, -0.25) is 5.32 Å². The van der Waals surface area contributed by atoms with Crippen LogP contribution in [-0.2, 0) is 4.74 Å². The average Bonchev–Trinajstić information content (AvgIpc) is 2.75. The van der Waals surface area contributed by atoms with Crippen molar-refractivity contribution in [1.82, 2.24) is 0 Å². The molecule has 0 bridgehead atoms. The quantitative estimate of drug-likeness (QED) is 0.824. The fourth-order valence-electron chi connectivity index (χ4n) is 1.73. The summed E-state index contributed by atoms with van der Waals surface area (Å²) in [5.41, 5.74) is 2.26. The molecule has 1 aromatic carbocycles. The first-order chi connectivity index (χ1) is 9.82. The maximum atomic E-state index is 11.7. The van der Waals surface area contributed by atoms with Crippen LogP contribution in [0.5, 0.6) is 0 Å². The van der Waals surface area contributed by atoms with E-state index in [-0.39, 0.29) is 0 Å². The Hall–Kier alpha value is -2.01. The molecule has 1 heterocycles. The number of thiophene rings is 1. The molecule has 21 heavy (non-hydrogen) atoms. The second-order valence-corrected chi connectivity index (χ2v) is 6.89. The van der Waals surface area contributed by atoms with Gasteiger partial charge in [-0.25, -0.2) is 4.79 Å². The number of rotatable bonds is 3. The van der Waals surface area contributed by atoms with Crippen LogP contribution in [0.15, 0.2) is 35.7 Å². The second-order valence-electron chi connectivity index (χ2n) is 5.78. The lowest BCUT2D eigenvalue weighted by atomic mass is 10.2. The van der Waals surface area contributed by atoms with Crippen molar-refractivity contribution in [2.24, 2.45) is 0 Å². The second kappa shape index (κ2) is 6.18. The summed E-state index contributed by atoms with van der Waals surface area (Å²) in [6, 6.07) is 9.61. The zero-order chi connectivity index (χ0) is 15.5. The molecule has 4 nitrogen and oxygen atoms in total.